The molecule has 0 atom stereocenters. The molecule has 0 aromatic carbocycles. The van der Waals surface area contributed by atoms with Gasteiger partial charge in [-0.25, -0.2) is 0 Å². The maximum absolute atomic E-state index is 11.8. The van der Waals surface area contributed by atoms with Crippen molar-refractivity contribution in [3.63, 3.8) is 0 Å². The molecule has 3 heteroatoms. The van der Waals surface area contributed by atoms with Crippen LogP contribution in [0.1, 0.15) is 60.8 Å². The number of hydrogen-bond donors (Lipinski definition) is 1. The molecule has 0 unspecified atom stereocenters. The van der Waals surface area contributed by atoms with Crippen LogP contribution in [0.3, 0.4) is 0 Å². The van der Waals surface area contributed by atoms with Gasteiger partial charge in [0.15, 0.2) is 0 Å². The summed E-state index contributed by atoms with van der Waals surface area (Å²) in [5, 5.41) is 3.12. The zero-order valence-corrected chi connectivity index (χ0v) is 12.8. The molecule has 0 aliphatic heterocycles. The predicted octanol–water partition coefficient (Wildman–Crippen LogP) is 3.13. The molecule has 0 aromatic heterocycles. The fourth-order valence-corrected chi connectivity index (χ4v) is 3.46. The highest BCUT2D eigenvalue weighted by molar-refractivity contribution is 5.77. The van der Waals surface area contributed by atoms with E-state index in [0.29, 0.717) is 10.8 Å². The molecule has 106 valence electrons. The Balaban J connectivity index is 2.49. The number of nitrogens with one attached hydrogen (secondary N) is 1. The summed E-state index contributed by atoms with van der Waals surface area (Å²) in [4.78, 5) is 11.8. The normalized spacial score (nSPS) is 23.1. The third kappa shape index (κ3) is 5.38. The number of carbonyl (C=O) groups is 1. The monoisotopic (exact) mass is 255 g/mol. The Labute approximate surface area is 112 Å². The van der Waals surface area contributed by atoms with E-state index < -0.39 is 0 Å². The smallest absolute Gasteiger partial charge is 0.246 e. The molecule has 18 heavy (non-hydrogen) atoms. The molecule has 1 saturated carbocycles. The van der Waals surface area contributed by atoms with Crippen LogP contribution in [0, 0.1) is 10.8 Å². The van der Waals surface area contributed by atoms with E-state index in [2.05, 4.69) is 33.0 Å². The molecular formula is C15H29NO2. The summed E-state index contributed by atoms with van der Waals surface area (Å²) < 4.78 is 5.34. The topological polar surface area (TPSA) is 38.3 Å². The Kier molecular flexibility index (Phi) is 4.82. The van der Waals surface area contributed by atoms with Crippen molar-refractivity contribution in [1.82, 2.24) is 5.32 Å². The van der Waals surface area contributed by atoms with E-state index in [-0.39, 0.29) is 24.7 Å². The lowest BCUT2D eigenvalue weighted by Crippen LogP contribution is -2.47. The van der Waals surface area contributed by atoms with Gasteiger partial charge in [-0.3, -0.25) is 4.79 Å². The molecule has 0 bridgehead atoms. The highest BCUT2D eigenvalue weighted by Gasteiger charge is 2.38. The summed E-state index contributed by atoms with van der Waals surface area (Å²) in [6, 6.07) is 0.284. The summed E-state index contributed by atoms with van der Waals surface area (Å²) in [5.74, 6) is 0.0159. The van der Waals surface area contributed by atoms with E-state index in [1.807, 2.05) is 13.8 Å². The first-order chi connectivity index (χ1) is 8.10. The van der Waals surface area contributed by atoms with Gasteiger partial charge in [0.25, 0.3) is 0 Å². The van der Waals surface area contributed by atoms with Gasteiger partial charge >= 0.3 is 0 Å². The molecule has 0 heterocycles. The van der Waals surface area contributed by atoms with Crippen LogP contribution in [0.2, 0.25) is 0 Å². The number of rotatable bonds is 4. The molecule has 1 aliphatic rings. The third-order valence-corrected chi connectivity index (χ3v) is 3.47. The van der Waals surface area contributed by atoms with Gasteiger partial charge in [0.05, 0.1) is 6.10 Å². The average Bonchev–Trinajstić information content (AvgIpc) is 2.09. The van der Waals surface area contributed by atoms with Crippen LogP contribution < -0.4 is 5.32 Å². The number of ether oxygens (including phenoxy) is 1. The number of carbonyl (C=O) groups excluding carboxylic acids is 1. The molecule has 1 N–H and O–H groups in total. The van der Waals surface area contributed by atoms with Crippen molar-refractivity contribution < 1.29 is 9.53 Å². The summed E-state index contributed by atoms with van der Waals surface area (Å²) in [6.45, 7) is 13.2. The van der Waals surface area contributed by atoms with Gasteiger partial charge in [-0.2, -0.15) is 0 Å². The number of hydrogen-bond acceptors (Lipinski definition) is 2. The van der Waals surface area contributed by atoms with Gasteiger partial charge in [-0.15, -0.1) is 0 Å². The average molecular weight is 255 g/mol. The Hall–Kier alpha value is -0.570. The molecule has 0 saturated heterocycles. The minimum absolute atomic E-state index is 0.0159. The molecule has 1 aliphatic carbocycles. The number of amides is 1. The zero-order valence-electron chi connectivity index (χ0n) is 12.8. The summed E-state index contributed by atoms with van der Waals surface area (Å²) in [6.07, 6.45) is 3.44. The lowest BCUT2D eigenvalue weighted by Gasteiger charge is -2.45. The van der Waals surface area contributed by atoms with Crippen molar-refractivity contribution >= 4 is 5.91 Å². The fraction of sp³-hybridized carbons (Fsp3) is 0.933. The molecule has 1 rings (SSSR count). The van der Waals surface area contributed by atoms with E-state index in [1.165, 1.54) is 6.42 Å². The fourth-order valence-electron chi connectivity index (χ4n) is 3.46. The maximum atomic E-state index is 11.8. The molecule has 3 nitrogen and oxygen atoms in total. The molecular weight excluding hydrogens is 226 g/mol. The summed E-state index contributed by atoms with van der Waals surface area (Å²) >= 11 is 0. The van der Waals surface area contributed by atoms with Crippen LogP contribution in [0.25, 0.3) is 0 Å². The van der Waals surface area contributed by atoms with Gasteiger partial charge < -0.3 is 10.1 Å². The molecule has 0 aromatic rings. The van der Waals surface area contributed by atoms with Crippen molar-refractivity contribution in [2.24, 2.45) is 10.8 Å². The second-order valence-electron chi connectivity index (χ2n) is 7.54. The highest BCUT2D eigenvalue weighted by atomic mass is 16.5. The van der Waals surface area contributed by atoms with Crippen molar-refractivity contribution in [3.05, 3.63) is 0 Å². The van der Waals surface area contributed by atoms with Crippen molar-refractivity contribution in [1.29, 1.82) is 0 Å². The van der Waals surface area contributed by atoms with Crippen LogP contribution in [-0.2, 0) is 9.53 Å². The van der Waals surface area contributed by atoms with Crippen molar-refractivity contribution in [2.75, 3.05) is 6.61 Å². The minimum Gasteiger partial charge on any atom is -0.369 e. The van der Waals surface area contributed by atoms with Crippen LogP contribution in [0.4, 0.5) is 0 Å². The largest absolute Gasteiger partial charge is 0.369 e. The molecule has 0 spiro atoms. The highest BCUT2D eigenvalue weighted by Crippen LogP contribution is 2.45. The Morgan fingerprint density at radius 2 is 1.72 bits per heavy atom. The van der Waals surface area contributed by atoms with Crippen LogP contribution in [0.15, 0.2) is 0 Å². The second kappa shape index (κ2) is 5.60. The lowest BCUT2D eigenvalue weighted by atomic mass is 9.63. The van der Waals surface area contributed by atoms with E-state index in [9.17, 15) is 4.79 Å². The van der Waals surface area contributed by atoms with Crippen LogP contribution >= 0.6 is 0 Å². The molecule has 1 amide bonds. The Bertz CT molecular complexity index is 279. The lowest BCUT2D eigenvalue weighted by molar-refractivity contribution is -0.128. The van der Waals surface area contributed by atoms with Crippen LogP contribution in [0.5, 0.6) is 0 Å². The van der Waals surface area contributed by atoms with Gasteiger partial charge in [0.2, 0.25) is 5.91 Å². The first-order valence-corrected chi connectivity index (χ1v) is 7.01. The van der Waals surface area contributed by atoms with Gasteiger partial charge in [-0.05, 0) is 43.9 Å². The zero-order chi connectivity index (χ0) is 14.0. The Morgan fingerprint density at radius 1 is 1.22 bits per heavy atom. The SMILES string of the molecule is CC(C)OCC(=O)NC1CC(C)(C)CC(C)(C)C1. The minimum atomic E-state index is 0.0159. The quantitative estimate of drug-likeness (QED) is 0.838. The van der Waals surface area contributed by atoms with Crippen molar-refractivity contribution in [2.45, 2.75) is 73.0 Å². The van der Waals surface area contributed by atoms with E-state index in [4.69, 9.17) is 4.74 Å². The van der Waals surface area contributed by atoms with Crippen molar-refractivity contribution in [3.8, 4) is 0 Å². The standard InChI is InChI=1S/C15H29NO2/c1-11(2)18-9-13(17)16-12-7-14(3,4)10-15(5,6)8-12/h11-12H,7-10H2,1-6H3,(H,16,17). The summed E-state index contributed by atoms with van der Waals surface area (Å²) in [5.41, 5.74) is 0.608. The first-order valence-electron chi connectivity index (χ1n) is 7.01. The summed E-state index contributed by atoms with van der Waals surface area (Å²) in [7, 11) is 0. The van der Waals surface area contributed by atoms with Gasteiger partial charge in [0.1, 0.15) is 6.61 Å². The van der Waals surface area contributed by atoms with E-state index >= 15 is 0 Å². The second-order valence-corrected chi connectivity index (χ2v) is 7.54. The van der Waals surface area contributed by atoms with Gasteiger partial charge in [-0.1, -0.05) is 27.7 Å². The first kappa shape index (κ1) is 15.5. The van der Waals surface area contributed by atoms with E-state index in [1.54, 1.807) is 0 Å². The van der Waals surface area contributed by atoms with Gasteiger partial charge in [0, 0.05) is 6.04 Å². The molecule has 0 radical (unpaired) electrons. The third-order valence-electron chi connectivity index (χ3n) is 3.47. The predicted molar refractivity (Wildman–Crippen MR) is 74.4 cm³/mol. The maximum Gasteiger partial charge on any atom is 0.246 e. The van der Waals surface area contributed by atoms with E-state index in [0.717, 1.165) is 12.8 Å². The van der Waals surface area contributed by atoms with Crippen LogP contribution in [-0.4, -0.2) is 24.7 Å². The Morgan fingerprint density at radius 3 is 2.17 bits per heavy atom. The molecule has 1 fully saturated rings.